The summed E-state index contributed by atoms with van der Waals surface area (Å²) in [5.41, 5.74) is 0.00172. The largest absolute Gasteiger partial charge is 0.451 e. The summed E-state index contributed by atoms with van der Waals surface area (Å²) in [6.07, 6.45) is 0.676. The lowest BCUT2D eigenvalue weighted by Gasteiger charge is -2.43. The van der Waals surface area contributed by atoms with Gasteiger partial charge in [-0.15, -0.1) is 0 Å². The normalized spacial score (nSPS) is 21.8. The van der Waals surface area contributed by atoms with Crippen molar-refractivity contribution in [2.24, 2.45) is 4.99 Å². The molecule has 2 aliphatic rings. The molecule has 39 heavy (non-hydrogen) atoms. The topological polar surface area (TPSA) is 37.3 Å². The molecule has 0 aliphatic carbocycles. The van der Waals surface area contributed by atoms with Gasteiger partial charge in [0.25, 0.3) is 0 Å². The summed E-state index contributed by atoms with van der Waals surface area (Å²) >= 11 is 5.60. The van der Waals surface area contributed by atoms with E-state index in [2.05, 4.69) is 29.5 Å². The van der Waals surface area contributed by atoms with Crippen molar-refractivity contribution in [1.29, 1.82) is 0 Å². The first kappa shape index (κ1) is 29.0. The van der Waals surface area contributed by atoms with Crippen LogP contribution in [0.25, 0.3) is 0 Å². The first-order valence-electron chi connectivity index (χ1n) is 12.4. The Bertz CT molecular complexity index is 1260. The molecule has 2 aliphatic heterocycles. The molecule has 0 spiro atoms. The molecule has 1 saturated heterocycles. The van der Waals surface area contributed by atoms with Crippen molar-refractivity contribution in [1.82, 2.24) is 9.80 Å². The quantitative estimate of drug-likeness (QED) is 0.272. The fourth-order valence-electron chi connectivity index (χ4n) is 4.58. The second-order valence-electron chi connectivity index (χ2n) is 9.54. The average molecular weight is 570 g/mol. The minimum Gasteiger partial charge on any atom is -0.451 e. The van der Waals surface area contributed by atoms with Crippen LogP contribution in [-0.2, 0) is 17.3 Å². The summed E-state index contributed by atoms with van der Waals surface area (Å²) < 4.78 is 79.6. The maximum atomic E-state index is 14.8. The van der Waals surface area contributed by atoms with Crippen molar-refractivity contribution in [3.8, 4) is 11.5 Å². The number of aryl methyl sites for hydroxylation is 1. The molecule has 2 heterocycles. The van der Waals surface area contributed by atoms with Gasteiger partial charge in [-0.25, -0.2) is 13.8 Å². The van der Waals surface area contributed by atoms with Gasteiger partial charge in [-0.2, -0.15) is 13.2 Å². The number of rotatable bonds is 6. The van der Waals surface area contributed by atoms with Crippen LogP contribution in [0.1, 0.15) is 30.9 Å². The van der Waals surface area contributed by atoms with Gasteiger partial charge in [-0.05, 0) is 55.7 Å². The smallest absolute Gasteiger partial charge is 0.417 e. The Hall–Kier alpha value is -2.95. The minimum atomic E-state index is -4.74. The molecule has 5 nitrogen and oxygen atoms in total. The summed E-state index contributed by atoms with van der Waals surface area (Å²) in [6.45, 7) is 8.33. The van der Waals surface area contributed by atoms with Gasteiger partial charge in [0.1, 0.15) is 17.7 Å². The summed E-state index contributed by atoms with van der Waals surface area (Å²) in [5, 5.41) is -0.543. The first-order valence-corrected chi connectivity index (χ1v) is 12.8. The van der Waals surface area contributed by atoms with Gasteiger partial charge < -0.3 is 14.4 Å². The number of nitrogens with zero attached hydrogens (tertiary/aromatic N) is 3. The van der Waals surface area contributed by atoms with E-state index in [4.69, 9.17) is 21.1 Å². The number of ether oxygens (including phenoxy) is 2. The minimum absolute atomic E-state index is 0.00899. The average Bonchev–Trinajstić information content (AvgIpc) is 2.86. The Morgan fingerprint density at radius 2 is 1.87 bits per heavy atom. The van der Waals surface area contributed by atoms with Crippen molar-refractivity contribution in [3.05, 3.63) is 82.7 Å². The van der Waals surface area contributed by atoms with Gasteiger partial charge >= 0.3 is 6.18 Å². The number of allylic oxidation sites excluding steroid dienone is 1. The number of aliphatic imine (C=N–C) groups is 1. The third kappa shape index (κ3) is 6.98. The highest BCUT2D eigenvalue weighted by atomic mass is 35.5. The van der Waals surface area contributed by atoms with Gasteiger partial charge in [0.2, 0.25) is 0 Å². The Labute approximate surface area is 229 Å². The molecule has 2 unspecified atom stereocenters. The molecular formula is C28H29ClF5N3O2. The summed E-state index contributed by atoms with van der Waals surface area (Å²) in [6, 6.07) is 5.13. The zero-order valence-corrected chi connectivity index (χ0v) is 22.3. The highest BCUT2D eigenvalue weighted by Gasteiger charge is 2.34. The molecule has 2 atom stereocenters. The van der Waals surface area contributed by atoms with Gasteiger partial charge in [-0.1, -0.05) is 30.3 Å². The first-order chi connectivity index (χ1) is 18.4. The molecule has 2 aromatic rings. The number of hydrogen-bond donors (Lipinski definition) is 0. The summed E-state index contributed by atoms with van der Waals surface area (Å²) in [5.74, 6) is -2.65. The standard InChI is InChI=1S/C28H29ClF5N3O2/c1-17-16-38-12-11-37(17)26-6-4-5-20(35-18(2)36(26)3)8-7-19-13-24(30)27(25(31)14-19)39-21-9-10-23(29)22(15-21)28(32,33)34/h4,6,9-10,13-15,17,26H,2,5,7-8,11-12,16H2,1,3H3/b6-4-,35-20?. The lowest BCUT2D eigenvalue weighted by molar-refractivity contribution is -0.137. The van der Waals surface area contributed by atoms with E-state index in [0.29, 0.717) is 49.9 Å². The third-order valence-corrected chi connectivity index (χ3v) is 7.06. The van der Waals surface area contributed by atoms with Crippen LogP contribution < -0.4 is 4.74 Å². The van der Waals surface area contributed by atoms with Crippen LogP contribution >= 0.6 is 11.6 Å². The molecule has 210 valence electrons. The maximum Gasteiger partial charge on any atom is 0.417 e. The Balaban J connectivity index is 1.43. The number of morpholine rings is 1. The third-order valence-electron chi connectivity index (χ3n) is 6.74. The van der Waals surface area contributed by atoms with Crippen molar-refractivity contribution < 1.29 is 31.4 Å². The van der Waals surface area contributed by atoms with Gasteiger partial charge in [0, 0.05) is 31.8 Å². The molecule has 0 radical (unpaired) electrons. The van der Waals surface area contributed by atoms with Crippen LogP contribution in [0.15, 0.2) is 59.9 Å². The Kier molecular flexibility index (Phi) is 8.98. The second-order valence-corrected chi connectivity index (χ2v) is 9.95. The van der Waals surface area contributed by atoms with E-state index in [1.807, 2.05) is 18.0 Å². The number of benzene rings is 2. The van der Waals surface area contributed by atoms with E-state index in [-0.39, 0.29) is 18.0 Å². The molecule has 0 amide bonds. The Morgan fingerprint density at radius 1 is 1.15 bits per heavy atom. The van der Waals surface area contributed by atoms with Crippen LogP contribution in [0, 0.1) is 11.6 Å². The SMILES string of the molecule is C=C1N=C(CCc2cc(F)c(Oc3ccc(Cl)c(C(F)(F)F)c3)c(F)c2)C/C=C\C(N2CCOCC2C)N1C. The molecule has 4 rings (SSSR count). The number of alkyl halides is 3. The van der Waals surface area contributed by atoms with Crippen molar-refractivity contribution in [2.45, 2.75) is 44.6 Å². The highest BCUT2D eigenvalue weighted by Crippen LogP contribution is 2.38. The van der Waals surface area contributed by atoms with Crippen LogP contribution in [0.3, 0.4) is 0 Å². The van der Waals surface area contributed by atoms with Crippen LogP contribution in [0.4, 0.5) is 22.0 Å². The number of halogens is 6. The van der Waals surface area contributed by atoms with Crippen LogP contribution in [0.2, 0.25) is 5.02 Å². The van der Waals surface area contributed by atoms with Gasteiger partial charge in [0.15, 0.2) is 17.4 Å². The maximum absolute atomic E-state index is 14.8. The predicted molar refractivity (Wildman–Crippen MR) is 140 cm³/mol. The number of hydrogen-bond acceptors (Lipinski definition) is 5. The predicted octanol–water partition coefficient (Wildman–Crippen LogP) is 7.21. The summed E-state index contributed by atoms with van der Waals surface area (Å²) in [4.78, 5) is 9.00. The van der Waals surface area contributed by atoms with E-state index in [0.717, 1.165) is 36.5 Å². The molecule has 1 fully saturated rings. The molecule has 0 saturated carbocycles. The molecule has 2 aromatic carbocycles. The van der Waals surface area contributed by atoms with Crippen molar-refractivity contribution >= 4 is 17.3 Å². The van der Waals surface area contributed by atoms with E-state index in [1.165, 1.54) is 0 Å². The van der Waals surface area contributed by atoms with Crippen molar-refractivity contribution in [2.75, 3.05) is 26.8 Å². The fraction of sp³-hybridized carbons (Fsp3) is 0.393. The van der Waals surface area contributed by atoms with E-state index < -0.39 is 34.1 Å². The molecule has 0 bridgehead atoms. The summed E-state index contributed by atoms with van der Waals surface area (Å²) in [7, 11) is 1.92. The van der Waals surface area contributed by atoms with Crippen LogP contribution in [0.5, 0.6) is 11.5 Å². The molecule has 0 aromatic heterocycles. The fourth-order valence-corrected chi connectivity index (χ4v) is 4.81. The van der Waals surface area contributed by atoms with Crippen LogP contribution in [-0.4, -0.2) is 54.5 Å². The highest BCUT2D eigenvalue weighted by molar-refractivity contribution is 6.31. The number of likely N-dealkylation sites (N-methyl/N-ethyl adjacent to an activating group) is 1. The monoisotopic (exact) mass is 569 g/mol. The van der Waals surface area contributed by atoms with Crippen molar-refractivity contribution in [3.63, 3.8) is 0 Å². The molecule has 11 heteroatoms. The lowest BCUT2D eigenvalue weighted by atomic mass is 10.0. The molecule has 0 N–H and O–H groups in total. The van der Waals surface area contributed by atoms with E-state index >= 15 is 0 Å². The van der Waals surface area contributed by atoms with E-state index in [1.54, 1.807) is 0 Å². The van der Waals surface area contributed by atoms with Gasteiger partial charge in [0.05, 0.1) is 23.8 Å². The Morgan fingerprint density at radius 3 is 2.54 bits per heavy atom. The molecular weight excluding hydrogens is 541 g/mol. The lowest BCUT2D eigenvalue weighted by Crippen LogP contribution is -2.54. The second kappa shape index (κ2) is 12.1. The van der Waals surface area contributed by atoms with Gasteiger partial charge in [-0.3, -0.25) is 4.90 Å². The van der Waals surface area contributed by atoms with E-state index in [9.17, 15) is 22.0 Å². The zero-order chi connectivity index (χ0) is 28.3. The zero-order valence-electron chi connectivity index (χ0n) is 21.6.